The minimum absolute atomic E-state index is 0.0514. The number of nitrogens with zero attached hydrogens (tertiary/aromatic N) is 2. The van der Waals surface area contributed by atoms with Gasteiger partial charge < -0.3 is 19.4 Å². The molecule has 6 nitrogen and oxygen atoms in total. The van der Waals surface area contributed by atoms with Gasteiger partial charge in [0.1, 0.15) is 11.5 Å². The van der Waals surface area contributed by atoms with Gasteiger partial charge in [-0.2, -0.15) is 0 Å². The Bertz CT molecular complexity index is 648. The second-order valence-corrected chi connectivity index (χ2v) is 5.58. The zero-order valence-electron chi connectivity index (χ0n) is 14.0. The van der Waals surface area contributed by atoms with Gasteiger partial charge in [0.05, 0.1) is 19.2 Å². The molecule has 1 N–H and O–H groups in total. The maximum absolute atomic E-state index is 11.9. The standard InChI is InChI=1S/C17H23N3O3/c1-12-15(11-16(21)18-9-10-20(2)3)19-17(23-12)13-5-7-14(22-4)8-6-13/h5-8H,9-11H2,1-4H3,(H,18,21). The number of benzene rings is 1. The summed E-state index contributed by atoms with van der Waals surface area (Å²) in [6.07, 6.45) is 0.221. The lowest BCUT2D eigenvalue weighted by Crippen LogP contribution is -2.32. The van der Waals surface area contributed by atoms with Crippen LogP contribution in [0.25, 0.3) is 11.5 Å². The number of carbonyl (C=O) groups excluding carboxylic acids is 1. The number of carbonyl (C=O) groups is 1. The Balaban J connectivity index is 2.01. The zero-order chi connectivity index (χ0) is 16.8. The highest BCUT2D eigenvalue weighted by Gasteiger charge is 2.14. The molecule has 23 heavy (non-hydrogen) atoms. The van der Waals surface area contributed by atoms with Crippen LogP contribution in [0.3, 0.4) is 0 Å². The minimum atomic E-state index is -0.0514. The third kappa shape index (κ3) is 4.82. The highest BCUT2D eigenvalue weighted by Crippen LogP contribution is 2.24. The molecule has 0 fully saturated rings. The number of amides is 1. The first-order valence-corrected chi connectivity index (χ1v) is 7.51. The highest BCUT2D eigenvalue weighted by molar-refractivity contribution is 5.78. The Kier molecular flexibility index (Phi) is 5.76. The summed E-state index contributed by atoms with van der Waals surface area (Å²) in [5, 5.41) is 2.88. The summed E-state index contributed by atoms with van der Waals surface area (Å²) in [5.41, 5.74) is 1.52. The molecule has 1 aromatic heterocycles. The Morgan fingerprint density at radius 3 is 2.61 bits per heavy atom. The van der Waals surface area contributed by atoms with Crippen molar-refractivity contribution in [2.75, 3.05) is 34.3 Å². The number of likely N-dealkylation sites (N-methyl/N-ethyl adjacent to an activating group) is 1. The maximum Gasteiger partial charge on any atom is 0.226 e. The molecule has 0 radical (unpaired) electrons. The quantitative estimate of drug-likeness (QED) is 0.844. The van der Waals surface area contributed by atoms with E-state index in [1.807, 2.05) is 50.2 Å². The molecule has 0 spiro atoms. The fourth-order valence-electron chi connectivity index (χ4n) is 2.08. The van der Waals surface area contributed by atoms with E-state index in [4.69, 9.17) is 9.15 Å². The number of oxazole rings is 1. The molecule has 0 aliphatic heterocycles. The van der Waals surface area contributed by atoms with Gasteiger partial charge in [0.2, 0.25) is 11.8 Å². The van der Waals surface area contributed by atoms with Crippen LogP contribution in [-0.4, -0.2) is 50.1 Å². The van der Waals surface area contributed by atoms with Gasteiger partial charge in [-0.1, -0.05) is 0 Å². The largest absolute Gasteiger partial charge is 0.497 e. The summed E-state index contributed by atoms with van der Waals surface area (Å²) in [4.78, 5) is 18.4. The van der Waals surface area contributed by atoms with Crippen molar-refractivity contribution in [1.82, 2.24) is 15.2 Å². The van der Waals surface area contributed by atoms with Crippen LogP contribution in [-0.2, 0) is 11.2 Å². The van der Waals surface area contributed by atoms with Crippen LogP contribution < -0.4 is 10.1 Å². The lowest BCUT2D eigenvalue weighted by atomic mass is 10.2. The normalized spacial score (nSPS) is 10.8. The predicted octanol–water partition coefficient (Wildman–Crippen LogP) is 1.88. The molecule has 1 heterocycles. The van der Waals surface area contributed by atoms with E-state index in [9.17, 15) is 4.79 Å². The fourth-order valence-corrected chi connectivity index (χ4v) is 2.08. The molecule has 6 heteroatoms. The predicted molar refractivity (Wildman–Crippen MR) is 88.5 cm³/mol. The SMILES string of the molecule is COc1ccc(-c2nc(CC(=O)NCCN(C)C)c(C)o2)cc1. The molecule has 0 bridgehead atoms. The molecule has 2 aromatic rings. The topological polar surface area (TPSA) is 67.6 Å². The van der Waals surface area contributed by atoms with Gasteiger partial charge in [0.15, 0.2) is 0 Å². The average Bonchev–Trinajstić information content (AvgIpc) is 2.88. The number of aromatic nitrogens is 1. The summed E-state index contributed by atoms with van der Waals surface area (Å²) in [6.45, 7) is 3.25. The number of hydrogen-bond acceptors (Lipinski definition) is 5. The number of methoxy groups -OCH3 is 1. The summed E-state index contributed by atoms with van der Waals surface area (Å²) in [7, 11) is 5.56. The van der Waals surface area contributed by atoms with Crippen molar-refractivity contribution in [2.24, 2.45) is 0 Å². The first kappa shape index (κ1) is 17.0. The van der Waals surface area contributed by atoms with E-state index in [0.29, 0.717) is 23.9 Å². The van der Waals surface area contributed by atoms with E-state index in [2.05, 4.69) is 10.3 Å². The smallest absolute Gasteiger partial charge is 0.226 e. The van der Waals surface area contributed by atoms with E-state index in [1.165, 1.54) is 0 Å². The van der Waals surface area contributed by atoms with Crippen LogP contribution in [0.15, 0.2) is 28.7 Å². The number of rotatable bonds is 7. The minimum Gasteiger partial charge on any atom is -0.497 e. The first-order valence-electron chi connectivity index (χ1n) is 7.51. The van der Waals surface area contributed by atoms with Crippen molar-refractivity contribution in [1.29, 1.82) is 0 Å². The summed E-state index contributed by atoms with van der Waals surface area (Å²) < 4.78 is 10.8. The molecule has 0 aliphatic carbocycles. The van der Waals surface area contributed by atoms with E-state index in [0.717, 1.165) is 17.9 Å². The van der Waals surface area contributed by atoms with Gasteiger partial charge in [-0.15, -0.1) is 0 Å². The van der Waals surface area contributed by atoms with Gasteiger partial charge in [-0.25, -0.2) is 4.98 Å². The van der Waals surface area contributed by atoms with Gasteiger partial charge in [0.25, 0.3) is 0 Å². The van der Waals surface area contributed by atoms with Crippen LogP contribution in [0, 0.1) is 6.92 Å². The molecule has 0 saturated carbocycles. The van der Waals surface area contributed by atoms with E-state index >= 15 is 0 Å². The lowest BCUT2D eigenvalue weighted by Gasteiger charge is -2.09. The lowest BCUT2D eigenvalue weighted by molar-refractivity contribution is -0.120. The monoisotopic (exact) mass is 317 g/mol. The Morgan fingerprint density at radius 1 is 1.30 bits per heavy atom. The molecule has 124 valence electrons. The molecule has 2 rings (SSSR count). The summed E-state index contributed by atoms with van der Waals surface area (Å²) in [6, 6.07) is 7.46. The van der Waals surface area contributed by atoms with E-state index in [1.54, 1.807) is 7.11 Å². The second kappa shape index (κ2) is 7.78. The van der Waals surface area contributed by atoms with Crippen molar-refractivity contribution < 1.29 is 13.9 Å². The number of nitrogens with one attached hydrogen (secondary N) is 1. The zero-order valence-corrected chi connectivity index (χ0v) is 14.0. The molecule has 1 amide bonds. The van der Waals surface area contributed by atoms with Gasteiger partial charge in [-0.05, 0) is 45.3 Å². The summed E-state index contributed by atoms with van der Waals surface area (Å²) in [5.74, 6) is 1.90. The van der Waals surface area contributed by atoms with Crippen molar-refractivity contribution in [3.8, 4) is 17.2 Å². The Morgan fingerprint density at radius 2 is 2.00 bits per heavy atom. The van der Waals surface area contributed by atoms with Crippen LogP contribution in [0.1, 0.15) is 11.5 Å². The van der Waals surface area contributed by atoms with Crippen molar-refractivity contribution >= 4 is 5.91 Å². The average molecular weight is 317 g/mol. The summed E-state index contributed by atoms with van der Waals surface area (Å²) >= 11 is 0. The second-order valence-electron chi connectivity index (χ2n) is 5.58. The van der Waals surface area contributed by atoms with Crippen molar-refractivity contribution in [2.45, 2.75) is 13.3 Å². The number of hydrogen-bond donors (Lipinski definition) is 1. The van der Waals surface area contributed by atoms with Crippen LogP contribution in [0.5, 0.6) is 5.75 Å². The molecule has 0 atom stereocenters. The van der Waals surface area contributed by atoms with E-state index < -0.39 is 0 Å². The number of ether oxygens (including phenoxy) is 1. The molecule has 0 unspecified atom stereocenters. The molecule has 0 aliphatic rings. The number of aryl methyl sites for hydroxylation is 1. The molecular weight excluding hydrogens is 294 g/mol. The highest BCUT2D eigenvalue weighted by atomic mass is 16.5. The van der Waals surface area contributed by atoms with Crippen LogP contribution in [0.2, 0.25) is 0 Å². The fraction of sp³-hybridized carbons (Fsp3) is 0.412. The third-order valence-electron chi connectivity index (χ3n) is 3.44. The van der Waals surface area contributed by atoms with Gasteiger partial charge >= 0.3 is 0 Å². The van der Waals surface area contributed by atoms with Crippen molar-refractivity contribution in [3.63, 3.8) is 0 Å². The Labute approximate surface area is 136 Å². The van der Waals surface area contributed by atoms with Gasteiger partial charge in [-0.3, -0.25) is 4.79 Å². The van der Waals surface area contributed by atoms with E-state index in [-0.39, 0.29) is 12.3 Å². The van der Waals surface area contributed by atoms with Crippen molar-refractivity contribution in [3.05, 3.63) is 35.7 Å². The first-order chi connectivity index (χ1) is 11.0. The third-order valence-corrected chi connectivity index (χ3v) is 3.44. The maximum atomic E-state index is 11.9. The molecule has 1 aromatic carbocycles. The Hall–Kier alpha value is -2.34. The molecular formula is C17H23N3O3. The van der Waals surface area contributed by atoms with Gasteiger partial charge in [0, 0.05) is 18.7 Å². The van der Waals surface area contributed by atoms with Crippen LogP contribution >= 0.6 is 0 Å². The molecule has 0 saturated heterocycles. The van der Waals surface area contributed by atoms with Crippen LogP contribution in [0.4, 0.5) is 0 Å².